The van der Waals surface area contributed by atoms with Gasteiger partial charge in [0.2, 0.25) is 0 Å². The molecule has 5 nitrogen and oxygen atoms in total. The summed E-state index contributed by atoms with van der Waals surface area (Å²) in [6, 6.07) is 11.4. The largest absolute Gasteiger partial charge is 0.497 e. The number of pyridine rings is 1. The second kappa shape index (κ2) is 7.21. The predicted molar refractivity (Wildman–Crippen MR) is 94.5 cm³/mol. The van der Waals surface area contributed by atoms with E-state index in [9.17, 15) is 5.11 Å². The van der Waals surface area contributed by atoms with Crippen molar-refractivity contribution in [2.24, 2.45) is 0 Å². The van der Waals surface area contributed by atoms with Crippen LogP contribution in [0.4, 0.5) is 0 Å². The Hall–Kier alpha value is -2.08. The van der Waals surface area contributed by atoms with Crippen LogP contribution >= 0.6 is 11.6 Å². The molecule has 0 aliphatic heterocycles. The van der Waals surface area contributed by atoms with Crippen LogP contribution in [0.15, 0.2) is 48.8 Å². The molecule has 0 saturated carbocycles. The van der Waals surface area contributed by atoms with E-state index < -0.39 is 0 Å². The van der Waals surface area contributed by atoms with Crippen molar-refractivity contribution in [3.8, 4) is 5.75 Å². The van der Waals surface area contributed by atoms with Crippen molar-refractivity contribution in [3.63, 3.8) is 0 Å². The number of halogens is 1. The summed E-state index contributed by atoms with van der Waals surface area (Å²) in [5.41, 5.74) is 2.81. The van der Waals surface area contributed by atoms with E-state index in [1.807, 2.05) is 60.2 Å². The summed E-state index contributed by atoms with van der Waals surface area (Å²) < 4.78 is 7.09. The van der Waals surface area contributed by atoms with Crippen molar-refractivity contribution < 1.29 is 9.84 Å². The van der Waals surface area contributed by atoms with E-state index >= 15 is 0 Å². The third kappa shape index (κ3) is 3.53. The van der Waals surface area contributed by atoms with Gasteiger partial charge in [0.25, 0.3) is 0 Å². The Morgan fingerprint density at radius 1 is 1.21 bits per heavy atom. The molecule has 0 amide bonds. The molecule has 126 valence electrons. The van der Waals surface area contributed by atoms with Crippen molar-refractivity contribution >= 4 is 17.2 Å². The highest BCUT2D eigenvalue weighted by atomic mass is 35.5. The zero-order valence-electron chi connectivity index (χ0n) is 13.7. The number of benzene rings is 1. The number of fused-ring (bicyclic) bond motifs is 1. The van der Waals surface area contributed by atoms with Gasteiger partial charge in [0.05, 0.1) is 30.5 Å². The summed E-state index contributed by atoms with van der Waals surface area (Å²) in [4.78, 5) is 6.67. The van der Waals surface area contributed by atoms with Crippen molar-refractivity contribution in [1.82, 2.24) is 14.3 Å². The third-order valence-corrected chi connectivity index (χ3v) is 4.31. The highest BCUT2D eigenvalue weighted by molar-refractivity contribution is 6.30. The van der Waals surface area contributed by atoms with E-state index in [4.69, 9.17) is 16.3 Å². The molecular formula is C18H20ClN3O2. The van der Waals surface area contributed by atoms with Crippen LogP contribution < -0.4 is 4.74 Å². The van der Waals surface area contributed by atoms with Gasteiger partial charge in [0.15, 0.2) is 0 Å². The van der Waals surface area contributed by atoms with E-state index in [0.29, 0.717) is 11.6 Å². The molecule has 3 aromatic rings. The lowest BCUT2D eigenvalue weighted by Gasteiger charge is -2.26. The van der Waals surface area contributed by atoms with Gasteiger partial charge >= 0.3 is 0 Å². The standard InChI is InChI=1S/C18H20ClN3O2/c1-21(17(12-23)13-3-6-16(24-2)7-4-13)10-15-11-22-9-14(19)5-8-18(22)20-15/h3-9,11,17,23H,10,12H2,1-2H3. The third-order valence-electron chi connectivity index (χ3n) is 4.08. The summed E-state index contributed by atoms with van der Waals surface area (Å²) >= 11 is 6.01. The van der Waals surface area contributed by atoms with Gasteiger partial charge in [-0.25, -0.2) is 4.98 Å². The SMILES string of the molecule is COc1ccc(C(CO)N(C)Cc2cn3cc(Cl)ccc3n2)cc1. The number of nitrogens with zero attached hydrogens (tertiary/aromatic N) is 3. The number of imidazole rings is 1. The molecule has 2 heterocycles. The lowest BCUT2D eigenvalue weighted by atomic mass is 10.1. The van der Waals surface area contributed by atoms with Crippen molar-refractivity contribution in [3.05, 3.63) is 65.1 Å². The summed E-state index contributed by atoms with van der Waals surface area (Å²) in [5, 5.41) is 10.5. The Labute approximate surface area is 146 Å². The number of methoxy groups -OCH3 is 1. The number of aromatic nitrogens is 2. The molecule has 0 bridgehead atoms. The van der Waals surface area contributed by atoms with Crippen LogP contribution in [0.3, 0.4) is 0 Å². The summed E-state index contributed by atoms with van der Waals surface area (Å²) in [7, 11) is 3.61. The van der Waals surface area contributed by atoms with Crippen LogP contribution in [-0.2, 0) is 6.54 Å². The van der Waals surface area contributed by atoms with E-state index in [1.54, 1.807) is 7.11 Å². The molecule has 1 atom stereocenters. The molecule has 1 N–H and O–H groups in total. The van der Waals surface area contributed by atoms with Crippen LogP contribution in [0.1, 0.15) is 17.3 Å². The molecular weight excluding hydrogens is 326 g/mol. The number of aliphatic hydroxyl groups is 1. The van der Waals surface area contributed by atoms with Gasteiger partial charge in [-0.1, -0.05) is 23.7 Å². The molecule has 6 heteroatoms. The first-order chi connectivity index (χ1) is 11.6. The first-order valence-corrected chi connectivity index (χ1v) is 8.06. The maximum Gasteiger partial charge on any atom is 0.137 e. The van der Waals surface area contributed by atoms with E-state index in [-0.39, 0.29) is 12.6 Å². The molecule has 0 saturated heterocycles. The Morgan fingerprint density at radius 2 is 1.96 bits per heavy atom. The number of ether oxygens (including phenoxy) is 1. The van der Waals surface area contributed by atoms with Gasteiger partial charge in [0.1, 0.15) is 11.4 Å². The molecule has 2 aromatic heterocycles. The second-order valence-corrected chi connectivity index (χ2v) is 6.17. The number of likely N-dealkylation sites (N-methyl/N-ethyl adjacent to an activating group) is 1. The van der Waals surface area contributed by atoms with Crippen LogP contribution in [0.5, 0.6) is 5.75 Å². The fraction of sp³-hybridized carbons (Fsp3) is 0.278. The highest BCUT2D eigenvalue weighted by Gasteiger charge is 2.17. The molecule has 0 fully saturated rings. The maximum absolute atomic E-state index is 9.81. The molecule has 0 radical (unpaired) electrons. The average Bonchev–Trinajstić information content (AvgIpc) is 2.97. The fourth-order valence-corrected chi connectivity index (χ4v) is 2.95. The number of hydrogen-bond acceptors (Lipinski definition) is 4. The topological polar surface area (TPSA) is 50.0 Å². The molecule has 1 unspecified atom stereocenters. The molecule has 0 spiro atoms. The highest BCUT2D eigenvalue weighted by Crippen LogP contribution is 2.23. The van der Waals surface area contributed by atoms with Crippen molar-refractivity contribution in [2.45, 2.75) is 12.6 Å². The van der Waals surface area contributed by atoms with Gasteiger partial charge in [-0.05, 0) is 36.9 Å². The summed E-state index contributed by atoms with van der Waals surface area (Å²) in [6.07, 6.45) is 3.79. The van der Waals surface area contributed by atoms with E-state index in [0.717, 1.165) is 22.7 Å². The predicted octanol–water partition coefficient (Wildman–Crippen LogP) is 3.16. The lowest BCUT2D eigenvalue weighted by molar-refractivity contribution is 0.141. The van der Waals surface area contributed by atoms with E-state index in [2.05, 4.69) is 9.88 Å². The molecule has 0 aliphatic carbocycles. The Bertz CT molecular complexity index is 817. The Morgan fingerprint density at radius 3 is 2.62 bits per heavy atom. The van der Waals surface area contributed by atoms with Gasteiger partial charge in [-0.2, -0.15) is 0 Å². The van der Waals surface area contributed by atoms with E-state index in [1.165, 1.54) is 0 Å². The molecule has 1 aromatic carbocycles. The Kier molecular flexibility index (Phi) is 5.04. The van der Waals surface area contributed by atoms with Crippen molar-refractivity contribution in [2.75, 3.05) is 20.8 Å². The van der Waals surface area contributed by atoms with Crippen LogP contribution in [0.25, 0.3) is 5.65 Å². The zero-order chi connectivity index (χ0) is 17.1. The first-order valence-electron chi connectivity index (χ1n) is 7.69. The Balaban J connectivity index is 1.78. The number of hydrogen-bond donors (Lipinski definition) is 1. The maximum atomic E-state index is 9.81. The van der Waals surface area contributed by atoms with Gasteiger partial charge < -0.3 is 14.2 Å². The van der Waals surface area contributed by atoms with Gasteiger partial charge in [0, 0.05) is 18.9 Å². The molecule has 0 aliphatic rings. The first kappa shape index (κ1) is 16.8. The van der Waals surface area contributed by atoms with Crippen LogP contribution in [0, 0.1) is 0 Å². The normalized spacial score (nSPS) is 12.7. The van der Waals surface area contributed by atoms with Gasteiger partial charge in [-0.15, -0.1) is 0 Å². The molecule has 24 heavy (non-hydrogen) atoms. The number of aliphatic hydroxyl groups excluding tert-OH is 1. The zero-order valence-corrected chi connectivity index (χ0v) is 14.4. The minimum Gasteiger partial charge on any atom is -0.497 e. The average molecular weight is 346 g/mol. The van der Waals surface area contributed by atoms with Gasteiger partial charge in [-0.3, -0.25) is 4.90 Å². The second-order valence-electron chi connectivity index (χ2n) is 5.73. The van der Waals surface area contributed by atoms with Crippen molar-refractivity contribution in [1.29, 1.82) is 0 Å². The minimum atomic E-state index is -0.107. The smallest absolute Gasteiger partial charge is 0.137 e. The molecule has 3 rings (SSSR count). The summed E-state index contributed by atoms with van der Waals surface area (Å²) in [6.45, 7) is 0.651. The monoisotopic (exact) mass is 345 g/mol. The minimum absolute atomic E-state index is 0.0298. The lowest BCUT2D eigenvalue weighted by Crippen LogP contribution is -2.27. The fourth-order valence-electron chi connectivity index (χ4n) is 2.78. The number of rotatable bonds is 6. The van der Waals surface area contributed by atoms with Crippen LogP contribution in [-0.4, -0.2) is 40.2 Å². The van der Waals surface area contributed by atoms with Crippen LogP contribution in [0.2, 0.25) is 5.02 Å². The quantitative estimate of drug-likeness (QED) is 0.745. The summed E-state index contributed by atoms with van der Waals surface area (Å²) in [5.74, 6) is 0.801.